The molecule has 145 heavy (non-hydrogen) atoms. The van der Waals surface area contributed by atoms with E-state index in [4.69, 9.17) is 80.5 Å². The van der Waals surface area contributed by atoms with Crippen LogP contribution in [-0.4, -0.2) is 164 Å². The van der Waals surface area contributed by atoms with E-state index in [1.807, 2.05) is 133 Å². The Bertz CT molecular complexity index is 6570. The number of aliphatic hydroxyl groups excluding tert-OH is 8. The van der Waals surface area contributed by atoms with Gasteiger partial charge in [0.15, 0.2) is 46.0 Å². The lowest BCUT2D eigenvalue weighted by molar-refractivity contribution is -0.121. The number of hydrogen-bond acceptors (Lipinski definition) is 23. The van der Waals surface area contributed by atoms with Crippen LogP contribution in [0.15, 0.2) is 293 Å². The van der Waals surface area contributed by atoms with Crippen LogP contribution in [0.1, 0.15) is 94.6 Å². The summed E-state index contributed by atoms with van der Waals surface area (Å²) in [5.74, 6) is 5.31. The third-order valence-corrected chi connectivity index (χ3v) is 25.5. The van der Waals surface area contributed by atoms with Crippen LogP contribution < -0.4 is 59.7 Å². The molecule has 0 radical (unpaired) electrons. The van der Waals surface area contributed by atoms with Gasteiger partial charge in [-0.2, -0.15) is 0 Å². The number of rotatable bonds is 38. The van der Waals surface area contributed by atoms with E-state index in [1.54, 1.807) is 124 Å². The van der Waals surface area contributed by atoms with Gasteiger partial charge >= 0.3 is 7.12 Å². The van der Waals surface area contributed by atoms with Gasteiger partial charge in [-0.05, 0) is 227 Å². The minimum absolute atomic E-state index is 0.0939. The molecule has 0 bridgehead atoms. The third-order valence-electron chi connectivity index (χ3n) is 24.1. The maximum atomic E-state index is 12.5. The summed E-state index contributed by atoms with van der Waals surface area (Å²) < 4.78 is 46.3. The van der Waals surface area contributed by atoms with E-state index < -0.39 is 12.4 Å². The van der Waals surface area contributed by atoms with E-state index in [2.05, 4.69) is 121 Å². The fourth-order valence-corrected chi connectivity index (χ4v) is 17.8. The molecule has 1 aliphatic heterocycles. The molecule has 0 spiro atoms. The fourth-order valence-electron chi connectivity index (χ4n) is 16.7. The first-order chi connectivity index (χ1) is 70.4. The van der Waals surface area contributed by atoms with Crippen molar-refractivity contribution >= 4 is 78.8 Å². The molecule has 0 aromatic heterocycles. The molecule has 14 N–H and O–H groups in total. The Kier molecular flexibility index (Phi) is 46.3. The first-order valence-corrected chi connectivity index (χ1v) is 48.8. The Hall–Kier alpha value is -13.4. The molecule has 15 rings (SSSR count). The highest BCUT2D eigenvalue weighted by molar-refractivity contribution is 9.11. The van der Waals surface area contributed by atoms with Crippen LogP contribution in [0.25, 0.3) is 55.6 Å². The summed E-state index contributed by atoms with van der Waals surface area (Å²) >= 11 is 12.1. The lowest BCUT2D eigenvalue weighted by Crippen LogP contribution is -2.29. The number of amides is 2. The van der Waals surface area contributed by atoms with Crippen LogP contribution in [0.4, 0.5) is 0 Å². The van der Waals surface area contributed by atoms with Crippen LogP contribution in [0.2, 0.25) is 0 Å². The Morgan fingerprint density at radius 2 is 0.641 bits per heavy atom. The van der Waals surface area contributed by atoms with Crippen LogP contribution in [0, 0.1) is 0 Å². The van der Waals surface area contributed by atoms with Crippen LogP contribution in [0.3, 0.4) is 0 Å². The number of aliphatic hydroxyl groups is 8. The summed E-state index contributed by atoms with van der Waals surface area (Å²) in [6.07, 6.45) is 3.89. The lowest BCUT2D eigenvalue weighted by Gasteiger charge is -2.24. The van der Waals surface area contributed by atoms with Crippen molar-refractivity contribution < 1.29 is 103 Å². The predicted molar refractivity (Wildman–Crippen MR) is 577 cm³/mol. The summed E-state index contributed by atoms with van der Waals surface area (Å²) in [5.41, 5.74) is 31.6. The highest BCUT2D eigenvalue weighted by Gasteiger charge is 2.27. The summed E-state index contributed by atoms with van der Waals surface area (Å²) in [4.78, 5) is 40.2. The van der Waals surface area contributed by atoms with Crippen molar-refractivity contribution in [1.29, 1.82) is 0 Å². The number of hydrogen-bond donors (Lipinski definition) is 13. The number of aliphatic imine (C=N–C) groups is 1. The SMILES string of the molecule is COc1c(-c2ccc(-c3ccccc3)cc2)cc2c(c1OC)CCN=C2Cc1ccc(CO)c(CO)c1.COc1c(Br)ccc(CCN)c1OC.COc1c(Br)ccc(CCNC(=O)Cc2ccc(CO)c(CO)c2)c1OC.COc1c(CCNC(=O)Cc2ccc(CO)c(CO)c2)ccc(-c2ccc(-c3ccccc3)cc2)c1OC.O=C(Cl)Cc1ccc(CO)c(CO)c1.OB(O)c1ccc(-c2ccccc2)cc1. The Morgan fingerprint density at radius 1 is 0.331 bits per heavy atom. The van der Waals surface area contributed by atoms with E-state index in [0.29, 0.717) is 107 Å². The lowest BCUT2D eigenvalue weighted by atomic mass is 9.80. The molecular formula is C116H124BBr2ClN4O21. The number of benzene rings is 14. The second-order valence-corrected chi connectivity index (χ2v) is 35.3. The largest absolute Gasteiger partial charge is 0.493 e. The molecule has 0 fully saturated rings. The Labute approximate surface area is 868 Å². The van der Waals surface area contributed by atoms with Gasteiger partial charge in [-0.25, -0.2) is 0 Å². The van der Waals surface area contributed by atoms with Crippen molar-refractivity contribution in [1.82, 2.24) is 10.6 Å². The number of fused-ring (bicyclic) bond motifs is 1. The summed E-state index contributed by atoms with van der Waals surface area (Å²) in [6.45, 7) is 1.06. The van der Waals surface area contributed by atoms with Gasteiger partial charge < -0.3 is 105 Å². The number of carbonyl (C=O) groups excluding carboxylic acids is 3. The Balaban J connectivity index is 0.000000187. The first-order valence-electron chi connectivity index (χ1n) is 46.8. The maximum absolute atomic E-state index is 12.5. The average molecular weight is 2120 g/mol. The zero-order valence-corrected chi connectivity index (χ0v) is 86.3. The van der Waals surface area contributed by atoms with Gasteiger partial charge in [0, 0.05) is 60.4 Å². The quantitative estimate of drug-likeness (QED) is 0.0126. The highest BCUT2D eigenvalue weighted by atomic mass is 79.9. The van der Waals surface area contributed by atoms with E-state index in [1.165, 1.54) is 5.56 Å². The van der Waals surface area contributed by atoms with Crippen molar-refractivity contribution in [2.45, 2.75) is 104 Å². The molecule has 758 valence electrons. The molecule has 14 aromatic rings. The standard InChI is InChI=1S/C32H33NO5.C32H31NO4.C20H24BrNO5.C12H11BO2.C10H14BrNO2.C10H11ClO3/c1-37-31-26(16-17-33-30(36)19-22-8-9-27(20-34)28(18-22)21-35)14-15-29(32(31)38-2)25-12-10-24(11-13-25)23-6-4-3-5-7-23;1-36-31-27-14-15-33-30(17-21-8-9-25(19-34)26(16-21)20-35)29(27)18-28(32(31)37-2)24-12-10-23(11-13-24)22-6-4-3-5-7-22;1-26-19-14(5-6-17(21)20(19)27-2)7-8-22-18(25)10-13-3-4-15(11-23)16(9-13)12-24;14-13(15)12-8-6-11(7-9-12)10-4-2-1-3-5-10;1-13-9-7(5-6-12)3-4-8(11)10(9)14-2;11-10(14)4-7-1-2-8(5-12)9(3-7)6-13/h3-15,18,34-35H,16-17,19-21H2,1-2H3,(H,33,36);3-13,16,18,34-35H,14-15,17,19-20H2,1-2H3;3-6,9,23-24H,7-8,10-12H2,1-2H3,(H,22,25);1-9,14-15H;3-4H,5-6,12H2,1-2H3;1-3,12-13H,4-6H2. The predicted octanol–water partition coefficient (Wildman–Crippen LogP) is 16.9. The summed E-state index contributed by atoms with van der Waals surface area (Å²) in [7, 11) is 11.6. The van der Waals surface area contributed by atoms with Crippen LogP contribution in [-0.2, 0) is 119 Å². The zero-order chi connectivity index (χ0) is 104. The molecule has 25 nitrogen and oxygen atoms in total. The normalized spacial score (nSPS) is 11.0. The van der Waals surface area contributed by atoms with Crippen molar-refractivity contribution in [3.63, 3.8) is 0 Å². The van der Waals surface area contributed by atoms with Gasteiger partial charge in [-0.3, -0.25) is 19.4 Å². The number of halogens is 3. The zero-order valence-electron chi connectivity index (χ0n) is 82.4. The van der Waals surface area contributed by atoms with Gasteiger partial charge in [0.1, 0.15) is 0 Å². The maximum Gasteiger partial charge on any atom is 0.488 e. The molecule has 1 aliphatic rings. The van der Waals surface area contributed by atoms with E-state index >= 15 is 0 Å². The van der Waals surface area contributed by atoms with Gasteiger partial charge in [-0.1, -0.05) is 261 Å². The third kappa shape index (κ3) is 31.8. The van der Waals surface area contributed by atoms with Crippen LogP contribution in [0.5, 0.6) is 46.0 Å². The second-order valence-electron chi connectivity index (χ2n) is 33.2. The van der Waals surface area contributed by atoms with E-state index in [-0.39, 0.29) is 83.9 Å². The molecule has 0 saturated heterocycles. The van der Waals surface area contributed by atoms with E-state index in [9.17, 15) is 45.0 Å². The number of nitrogens with zero attached hydrogens (tertiary/aromatic N) is 1. The van der Waals surface area contributed by atoms with Gasteiger partial charge in [0.25, 0.3) is 0 Å². The summed E-state index contributed by atoms with van der Waals surface area (Å²) in [6, 6.07) is 89.9. The first kappa shape index (κ1) is 114. The van der Waals surface area contributed by atoms with Crippen molar-refractivity contribution in [2.75, 3.05) is 83.1 Å². The minimum Gasteiger partial charge on any atom is -0.493 e. The highest BCUT2D eigenvalue weighted by Crippen LogP contribution is 2.47. The van der Waals surface area contributed by atoms with Crippen LogP contribution >= 0.6 is 43.5 Å². The minimum atomic E-state index is -1.39. The molecule has 0 atom stereocenters. The second kappa shape index (κ2) is 59.2. The molecule has 0 unspecified atom stereocenters. The van der Waals surface area contributed by atoms with Crippen molar-refractivity contribution in [3.05, 3.63) is 383 Å². The molecule has 0 aliphatic carbocycles. The van der Waals surface area contributed by atoms with Gasteiger partial charge in [-0.15, -0.1) is 0 Å². The monoisotopic (exact) mass is 2110 g/mol. The molecule has 1 heterocycles. The molecule has 0 saturated carbocycles. The average Bonchev–Trinajstić information content (AvgIpc) is 0.757. The molecule has 29 heteroatoms. The van der Waals surface area contributed by atoms with Crippen molar-refractivity contribution in [3.8, 4) is 102 Å². The summed E-state index contributed by atoms with van der Waals surface area (Å²) in [5, 5.41) is 97.9. The topological polar surface area (TPSA) is 390 Å². The number of nitrogens with two attached hydrogens (primary N) is 1. The Morgan fingerprint density at radius 3 is 1.00 bits per heavy atom. The molecule has 14 aromatic carbocycles. The molecular weight excluding hydrogens is 1990 g/mol. The fraction of sp³-hybridized carbons (Fsp3) is 0.241. The molecule has 2 amide bonds. The number of carbonyl (C=O) groups is 3. The van der Waals surface area contributed by atoms with Gasteiger partial charge in [0.05, 0.1) is 132 Å². The number of ether oxygens (including phenoxy) is 8. The van der Waals surface area contributed by atoms with Crippen molar-refractivity contribution in [2.24, 2.45) is 10.7 Å². The van der Waals surface area contributed by atoms with E-state index in [0.717, 1.165) is 162 Å². The van der Waals surface area contributed by atoms with Gasteiger partial charge in [0.2, 0.25) is 17.1 Å². The smallest absolute Gasteiger partial charge is 0.488 e. The number of nitrogens with one attached hydrogen (secondary N) is 2. The number of methoxy groups -OCH3 is 8.